The molecular formula is C9H15N. The second-order valence-corrected chi connectivity index (χ2v) is 2.97. The predicted octanol–water partition coefficient (Wildman–Crippen LogP) is 2.00. The van der Waals surface area contributed by atoms with Crippen molar-refractivity contribution in [2.24, 2.45) is 5.73 Å². The van der Waals surface area contributed by atoms with Gasteiger partial charge in [0.2, 0.25) is 0 Å². The highest BCUT2D eigenvalue weighted by Crippen LogP contribution is 2.25. The second kappa shape index (κ2) is 3.02. The van der Waals surface area contributed by atoms with Crippen LogP contribution in [0, 0.1) is 0 Å². The normalized spacial score (nSPS) is 26.9. The molecule has 1 unspecified atom stereocenters. The minimum absolute atomic E-state index is 0.381. The number of allylic oxidation sites excluding steroid dienone is 2. The molecule has 1 aliphatic rings. The van der Waals surface area contributed by atoms with E-state index in [9.17, 15) is 0 Å². The Balaban J connectivity index is 2.66. The van der Waals surface area contributed by atoms with Gasteiger partial charge in [-0.1, -0.05) is 17.7 Å². The van der Waals surface area contributed by atoms with Gasteiger partial charge in [0.05, 0.1) is 0 Å². The molecule has 1 rings (SSSR count). The molecule has 1 aliphatic carbocycles. The van der Waals surface area contributed by atoms with Crippen LogP contribution >= 0.6 is 0 Å². The summed E-state index contributed by atoms with van der Waals surface area (Å²) in [6.07, 6.45) is 6.40. The number of hydrogen-bond acceptors (Lipinski definition) is 1. The third-order valence-corrected chi connectivity index (χ3v) is 1.97. The van der Waals surface area contributed by atoms with Crippen molar-refractivity contribution >= 4 is 0 Å². The molecule has 56 valence electrons. The third-order valence-electron chi connectivity index (χ3n) is 1.97. The van der Waals surface area contributed by atoms with Crippen molar-refractivity contribution in [1.29, 1.82) is 0 Å². The van der Waals surface area contributed by atoms with Crippen LogP contribution in [0.25, 0.3) is 0 Å². The Hall–Kier alpha value is -0.560. The maximum atomic E-state index is 5.77. The van der Waals surface area contributed by atoms with E-state index in [4.69, 9.17) is 5.73 Å². The van der Waals surface area contributed by atoms with Gasteiger partial charge in [0, 0.05) is 6.04 Å². The van der Waals surface area contributed by atoms with Crippen LogP contribution in [0.15, 0.2) is 23.3 Å². The number of rotatable bonds is 1. The van der Waals surface area contributed by atoms with Crippen LogP contribution in [0.4, 0.5) is 0 Å². The van der Waals surface area contributed by atoms with E-state index in [1.165, 1.54) is 11.1 Å². The lowest BCUT2D eigenvalue weighted by molar-refractivity contribution is 0.715. The van der Waals surface area contributed by atoms with Gasteiger partial charge in [-0.3, -0.25) is 0 Å². The van der Waals surface area contributed by atoms with Gasteiger partial charge in [-0.25, -0.2) is 0 Å². The monoisotopic (exact) mass is 137 g/mol. The Labute approximate surface area is 62.6 Å². The van der Waals surface area contributed by atoms with Crippen molar-refractivity contribution in [3.05, 3.63) is 23.3 Å². The van der Waals surface area contributed by atoms with Crippen LogP contribution in [0.3, 0.4) is 0 Å². The third kappa shape index (κ3) is 1.48. The van der Waals surface area contributed by atoms with Crippen molar-refractivity contribution < 1.29 is 0 Å². The zero-order chi connectivity index (χ0) is 7.56. The first-order chi connectivity index (χ1) is 4.74. The summed E-state index contributed by atoms with van der Waals surface area (Å²) >= 11 is 0. The molecule has 0 aromatic heterocycles. The zero-order valence-corrected chi connectivity index (χ0v) is 6.72. The quantitative estimate of drug-likeness (QED) is 0.587. The summed E-state index contributed by atoms with van der Waals surface area (Å²) < 4.78 is 0. The molecule has 10 heavy (non-hydrogen) atoms. The Morgan fingerprint density at radius 3 is 2.60 bits per heavy atom. The molecule has 1 heteroatoms. The molecule has 0 saturated carbocycles. The van der Waals surface area contributed by atoms with Crippen LogP contribution < -0.4 is 5.73 Å². The summed E-state index contributed by atoms with van der Waals surface area (Å²) in [5, 5.41) is 0. The topological polar surface area (TPSA) is 26.0 Å². The smallest absolute Gasteiger partial charge is 0.0117 e. The second-order valence-electron chi connectivity index (χ2n) is 2.97. The van der Waals surface area contributed by atoms with E-state index in [1.807, 2.05) is 6.92 Å². The largest absolute Gasteiger partial charge is 0.327 e. The van der Waals surface area contributed by atoms with Gasteiger partial charge in [-0.15, -0.1) is 0 Å². The average molecular weight is 137 g/mol. The van der Waals surface area contributed by atoms with Gasteiger partial charge >= 0.3 is 0 Å². The first kappa shape index (κ1) is 7.55. The fraction of sp³-hybridized carbons (Fsp3) is 0.556. The summed E-state index contributed by atoms with van der Waals surface area (Å²) in [5.74, 6) is 0. The van der Waals surface area contributed by atoms with Crippen LogP contribution in [0.1, 0.15) is 26.7 Å². The summed E-state index contributed by atoms with van der Waals surface area (Å²) in [6.45, 7) is 4.21. The molecule has 0 saturated heterocycles. The van der Waals surface area contributed by atoms with Crippen molar-refractivity contribution in [2.75, 3.05) is 0 Å². The molecule has 0 heterocycles. The van der Waals surface area contributed by atoms with Crippen molar-refractivity contribution in [3.63, 3.8) is 0 Å². The summed E-state index contributed by atoms with van der Waals surface area (Å²) in [7, 11) is 0. The lowest BCUT2D eigenvalue weighted by atomic mass is 10.1. The molecule has 0 fully saturated rings. The Bertz CT molecular complexity index is 177. The molecule has 0 aliphatic heterocycles. The highest BCUT2D eigenvalue weighted by molar-refractivity contribution is 5.30. The van der Waals surface area contributed by atoms with Crippen LogP contribution in [0.2, 0.25) is 0 Å². The fourth-order valence-corrected chi connectivity index (χ4v) is 1.46. The van der Waals surface area contributed by atoms with Gasteiger partial charge < -0.3 is 5.73 Å². The highest BCUT2D eigenvalue weighted by atomic mass is 14.6. The predicted molar refractivity (Wildman–Crippen MR) is 44.7 cm³/mol. The van der Waals surface area contributed by atoms with Crippen molar-refractivity contribution in [1.82, 2.24) is 0 Å². The lowest BCUT2D eigenvalue weighted by Gasteiger charge is -1.97. The molecular weight excluding hydrogens is 122 g/mol. The van der Waals surface area contributed by atoms with E-state index in [-0.39, 0.29) is 0 Å². The molecule has 2 N–H and O–H groups in total. The molecule has 0 radical (unpaired) electrons. The van der Waals surface area contributed by atoms with Gasteiger partial charge in [0.15, 0.2) is 0 Å². The Kier molecular flexibility index (Phi) is 2.28. The van der Waals surface area contributed by atoms with E-state index in [1.54, 1.807) is 0 Å². The maximum Gasteiger partial charge on any atom is 0.0117 e. The molecule has 0 spiro atoms. The zero-order valence-electron chi connectivity index (χ0n) is 6.72. The fourth-order valence-electron chi connectivity index (χ4n) is 1.46. The van der Waals surface area contributed by atoms with E-state index in [2.05, 4.69) is 19.1 Å². The van der Waals surface area contributed by atoms with Crippen molar-refractivity contribution in [3.8, 4) is 0 Å². The van der Waals surface area contributed by atoms with Gasteiger partial charge in [-0.2, -0.15) is 0 Å². The number of nitrogens with two attached hydrogens (primary N) is 1. The lowest BCUT2D eigenvalue weighted by Crippen LogP contribution is -2.15. The standard InChI is InChI=1S/C9H15N/c1-3-4-8-6-9(10)5-7(8)2/h3-4,9H,5-6,10H2,1-2H3/b4-3-. The van der Waals surface area contributed by atoms with E-state index in [0.29, 0.717) is 6.04 Å². The number of hydrogen-bond donors (Lipinski definition) is 1. The summed E-state index contributed by atoms with van der Waals surface area (Å²) in [4.78, 5) is 0. The van der Waals surface area contributed by atoms with E-state index < -0.39 is 0 Å². The van der Waals surface area contributed by atoms with Crippen LogP contribution in [0.5, 0.6) is 0 Å². The first-order valence-corrected chi connectivity index (χ1v) is 3.81. The van der Waals surface area contributed by atoms with Crippen LogP contribution in [-0.4, -0.2) is 6.04 Å². The first-order valence-electron chi connectivity index (χ1n) is 3.81. The molecule has 1 nitrogen and oxygen atoms in total. The average Bonchev–Trinajstić information content (AvgIpc) is 2.13. The maximum absolute atomic E-state index is 5.77. The van der Waals surface area contributed by atoms with E-state index in [0.717, 1.165) is 12.8 Å². The van der Waals surface area contributed by atoms with Gasteiger partial charge in [0.1, 0.15) is 0 Å². The Morgan fingerprint density at radius 1 is 1.50 bits per heavy atom. The molecule has 0 amide bonds. The highest BCUT2D eigenvalue weighted by Gasteiger charge is 2.15. The van der Waals surface area contributed by atoms with Crippen LogP contribution in [-0.2, 0) is 0 Å². The SMILES string of the molecule is C/C=C\C1=C(C)CC(N)C1. The molecule has 0 aromatic rings. The van der Waals surface area contributed by atoms with E-state index >= 15 is 0 Å². The molecule has 0 aromatic carbocycles. The van der Waals surface area contributed by atoms with Gasteiger partial charge in [-0.05, 0) is 32.3 Å². The minimum atomic E-state index is 0.381. The van der Waals surface area contributed by atoms with Crippen molar-refractivity contribution in [2.45, 2.75) is 32.7 Å². The Morgan fingerprint density at radius 2 is 2.20 bits per heavy atom. The summed E-state index contributed by atoms with van der Waals surface area (Å²) in [6, 6.07) is 0.381. The molecule has 1 atom stereocenters. The molecule has 0 bridgehead atoms. The minimum Gasteiger partial charge on any atom is -0.327 e. The summed E-state index contributed by atoms with van der Waals surface area (Å²) in [5.41, 5.74) is 8.67. The van der Waals surface area contributed by atoms with Gasteiger partial charge in [0.25, 0.3) is 0 Å².